The fourth-order valence-corrected chi connectivity index (χ4v) is 9.08. The predicted octanol–water partition coefficient (Wildman–Crippen LogP) is 6.04. The lowest BCUT2D eigenvalue weighted by atomic mass is 10.0. The second-order valence-corrected chi connectivity index (χ2v) is 10.2. The molecule has 0 N–H and O–H groups in total. The molecule has 0 aromatic heterocycles. The van der Waals surface area contributed by atoms with Gasteiger partial charge >= 0.3 is 0 Å². The van der Waals surface area contributed by atoms with E-state index in [-0.39, 0.29) is 7.92 Å². The Morgan fingerprint density at radius 3 is 2.05 bits per heavy atom. The first kappa shape index (κ1) is 14.3. The summed E-state index contributed by atoms with van der Waals surface area (Å²) in [6.45, 7) is 2.39. The van der Waals surface area contributed by atoms with Crippen LogP contribution in [0.5, 0.6) is 0 Å². The lowest BCUT2D eigenvalue weighted by molar-refractivity contribution is 0.719. The lowest BCUT2D eigenvalue weighted by Gasteiger charge is -2.35. The molecule has 106 valence electrons. The summed E-state index contributed by atoms with van der Waals surface area (Å²) >= 11 is 0. The standard InChI is InChI=1S/C17H28P2/c1-13-10-11-16(18)17(12-13)19(14-6-2-3-7-14)15-8-4-5-9-15/h10-11,13-15H,2-9,12,18H2,1H3. The molecule has 0 aromatic rings. The average Bonchev–Trinajstić information content (AvgIpc) is 3.07. The van der Waals surface area contributed by atoms with Crippen molar-refractivity contribution < 1.29 is 0 Å². The highest BCUT2D eigenvalue weighted by molar-refractivity contribution is 7.64. The Bertz CT molecular complexity index is 355. The normalized spacial score (nSPS) is 29.9. The molecule has 0 aromatic carbocycles. The van der Waals surface area contributed by atoms with E-state index in [1.807, 2.05) is 5.31 Å². The number of hydrogen-bond acceptors (Lipinski definition) is 0. The fourth-order valence-electron chi connectivity index (χ4n) is 4.21. The second-order valence-electron chi connectivity index (χ2n) is 6.73. The number of allylic oxidation sites excluding steroid dienone is 4. The van der Waals surface area contributed by atoms with Gasteiger partial charge in [0.1, 0.15) is 0 Å². The summed E-state index contributed by atoms with van der Waals surface area (Å²) in [7, 11) is 3.21. The molecule has 3 rings (SSSR count). The van der Waals surface area contributed by atoms with Crippen LogP contribution in [-0.4, -0.2) is 11.3 Å². The molecular formula is C17H28P2. The largest absolute Gasteiger partial charge is 0.105 e. The van der Waals surface area contributed by atoms with Crippen LogP contribution < -0.4 is 0 Å². The summed E-state index contributed by atoms with van der Waals surface area (Å²) in [5, 5.41) is 3.44. The molecule has 0 heterocycles. The number of hydrogen-bond donors (Lipinski definition) is 0. The third kappa shape index (κ3) is 3.16. The van der Waals surface area contributed by atoms with Crippen LogP contribution in [0.4, 0.5) is 0 Å². The molecule has 0 spiro atoms. The summed E-state index contributed by atoms with van der Waals surface area (Å²) in [5.74, 6) is 0.770. The van der Waals surface area contributed by atoms with Gasteiger partial charge in [0, 0.05) is 0 Å². The Morgan fingerprint density at radius 1 is 1.00 bits per heavy atom. The average molecular weight is 294 g/mol. The molecule has 3 aliphatic rings. The van der Waals surface area contributed by atoms with Crippen LogP contribution in [0.25, 0.3) is 0 Å². The molecule has 2 fully saturated rings. The van der Waals surface area contributed by atoms with Gasteiger partial charge in [0.05, 0.1) is 0 Å². The van der Waals surface area contributed by atoms with E-state index in [1.54, 1.807) is 5.31 Å². The summed E-state index contributed by atoms with van der Waals surface area (Å²) in [6, 6.07) is 0. The maximum atomic E-state index is 3.05. The quantitative estimate of drug-likeness (QED) is 0.557. The zero-order valence-electron chi connectivity index (χ0n) is 12.3. The lowest BCUT2D eigenvalue weighted by Crippen LogP contribution is -2.14. The molecule has 2 atom stereocenters. The smallest absolute Gasteiger partial charge is 0.0169 e. The Labute approximate surface area is 122 Å². The van der Waals surface area contributed by atoms with Crippen molar-refractivity contribution in [2.24, 2.45) is 5.92 Å². The van der Waals surface area contributed by atoms with Gasteiger partial charge in [-0.05, 0) is 60.0 Å². The molecular weight excluding hydrogens is 266 g/mol. The minimum absolute atomic E-state index is 0.160. The first-order chi connectivity index (χ1) is 9.25. The minimum atomic E-state index is 0.160. The summed E-state index contributed by atoms with van der Waals surface area (Å²) in [6.07, 6.45) is 18.3. The van der Waals surface area contributed by atoms with Crippen molar-refractivity contribution in [1.29, 1.82) is 0 Å². The van der Waals surface area contributed by atoms with Gasteiger partial charge in [0.25, 0.3) is 0 Å². The molecule has 2 saturated carbocycles. The third-order valence-corrected chi connectivity index (χ3v) is 9.66. The van der Waals surface area contributed by atoms with E-state index in [0.717, 1.165) is 17.2 Å². The van der Waals surface area contributed by atoms with Crippen LogP contribution in [0.1, 0.15) is 64.7 Å². The molecule has 0 nitrogen and oxygen atoms in total. The summed E-state index contributed by atoms with van der Waals surface area (Å²) in [4.78, 5) is 0. The van der Waals surface area contributed by atoms with Gasteiger partial charge in [0.2, 0.25) is 0 Å². The maximum absolute atomic E-state index is 3.05. The van der Waals surface area contributed by atoms with Crippen molar-refractivity contribution in [2.75, 3.05) is 0 Å². The molecule has 0 radical (unpaired) electrons. The van der Waals surface area contributed by atoms with Crippen molar-refractivity contribution in [1.82, 2.24) is 0 Å². The van der Waals surface area contributed by atoms with Crippen LogP contribution in [-0.2, 0) is 0 Å². The van der Waals surface area contributed by atoms with E-state index in [2.05, 4.69) is 28.3 Å². The molecule has 2 heteroatoms. The number of rotatable bonds is 3. The zero-order valence-corrected chi connectivity index (χ0v) is 14.3. The van der Waals surface area contributed by atoms with Gasteiger partial charge in [0.15, 0.2) is 0 Å². The van der Waals surface area contributed by atoms with Crippen molar-refractivity contribution in [3.8, 4) is 0 Å². The molecule has 19 heavy (non-hydrogen) atoms. The Balaban J connectivity index is 1.87. The van der Waals surface area contributed by atoms with Crippen LogP contribution in [0.15, 0.2) is 22.8 Å². The van der Waals surface area contributed by atoms with E-state index in [1.165, 1.54) is 57.8 Å². The topological polar surface area (TPSA) is 0 Å². The summed E-state index contributed by atoms with van der Waals surface area (Å²) in [5.41, 5.74) is 2.14. The van der Waals surface area contributed by atoms with Crippen molar-refractivity contribution in [3.05, 3.63) is 22.8 Å². The highest BCUT2D eigenvalue weighted by atomic mass is 31.1. The minimum Gasteiger partial charge on any atom is -0.105 e. The van der Waals surface area contributed by atoms with Crippen LogP contribution in [0.3, 0.4) is 0 Å². The van der Waals surface area contributed by atoms with Crippen molar-refractivity contribution in [2.45, 2.75) is 76.0 Å². The Hall–Kier alpha value is 0.340. The van der Waals surface area contributed by atoms with Gasteiger partial charge in [-0.1, -0.05) is 52.7 Å². The van der Waals surface area contributed by atoms with Gasteiger partial charge in [-0.15, -0.1) is 9.24 Å². The summed E-state index contributed by atoms with van der Waals surface area (Å²) < 4.78 is 0. The third-order valence-electron chi connectivity index (χ3n) is 5.20. The van der Waals surface area contributed by atoms with E-state index in [4.69, 9.17) is 0 Å². The molecule has 0 aliphatic heterocycles. The van der Waals surface area contributed by atoms with Crippen molar-refractivity contribution in [3.63, 3.8) is 0 Å². The first-order valence-corrected chi connectivity index (χ1v) is 10.3. The molecule has 0 saturated heterocycles. The monoisotopic (exact) mass is 294 g/mol. The van der Waals surface area contributed by atoms with E-state index in [0.29, 0.717) is 0 Å². The van der Waals surface area contributed by atoms with E-state index < -0.39 is 0 Å². The fraction of sp³-hybridized carbons (Fsp3) is 0.765. The van der Waals surface area contributed by atoms with Gasteiger partial charge < -0.3 is 0 Å². The van der Waals surface area contributed by atoms with Crippen molar-refractivity contribution >= 4 is 17.2 Å². The van der Waals surface area contributed by atoms with Crippen LogP contribution >= 0.6 is 17.2 Å². The predicted molar refractivity (Wildman–Crippen MR) is 91.1 cm³/mol. The molecule has 0 amide bonds. The van der Waals surface area contributed by atoms with Crippen LogP contribution in [0, 0.1) is 5.92 Å². The highest BCUT2D eigenvalue weighted by Gasteiger charge is 2.36. The highest BCUT2D eigenvalue weighted by Crippen LogP contribution is 2.65. The Morgan fingerprint density at radius 2 is 1.53 bits per heavy atom. The SMILES string of the molecule is CC1C=CC(P)=C(P(C2CCCC2)C2CCCC2)C1. The zero-order chi connectivity index (χ0) is 13.2. The first-order valence-electron chi connectivity index (χ1n) is 8.21. The maximum Gasteiger partial charge on any atom is -0.0169 e. The van der Waals surface area contributed by atoms with Gasteiger partial charge in [-0.25, -0.2) is 0 Å². The van der Waals surface area contributed by atoms with Gasteiger partial charge in [-0.3, -0.25) is 0 Å². The Kier molecular flexibility index (Phi) is 4.82. The molecule has 2 unspecified atom stereocenters. The van der Waals surface area contributed by atoms with E-state index >= 15 is 0 Å². The second kappa shape index (κ2) is 6.41. The van der Waals surface area contributed by atoms with Crippen LogP contribution in [0.2, 0.25) is 0 Å². The molecule has 3 aliphatic carbocycles. The van der Waals surface area contributed by atoms with Gasteiger partial charge in [-0.2, -0.15) is 0 Å². The van der Waals surface area contributed by atoms with E-state index in [9.17, 15) is 0 Å². The molecule has 0 bridgehead atoms.